The summed E-state index contributed by atoms with van der Waals surface area (Å²) in [7, 11) is 0. The Morgan fingerprint density at radius 2 is 1.59 bits per heavy atom. The molecule has 0 unspecified atom stereocenters. The fourth-order valence-electron chi connectivity index (χ4n) is 3.56. The molecular formula is C21H19N. The van der Waals surface area contributed by atoms with Crippen LogP contribution >= 0.6 is 0 Å². The summed E-state index contributed by atoms with van der Waals surface area (Å²) in [6.45, 7) is 6.73. The van der Waals surface area contributed by atoms with E-state index in [0.29, 0.717) is 0 Å². The van der Waals surface area contributed by atoms with Crippen molar-refractivity contribution in [2.75, 3.05) is 0 Å². The predicted octanol–water partition coefficient (Wildman–Crippen LogP) is 5.36. The highest BCUT2D eigenvalue weighted by atomic mass is 14.7. The summed E-state index contributed by atoms with van der Waals surface area (Å²) in [4.78, 5) is 4.53. The van der Waals surface area contributed by atoms with E-state index in [2.05, 4.69) is 74.3 Å². The van der Waals surface area contributed by atoms with E-state index in [1.54, 1.807) is 0 Å². The van der Waals surface area contributed by atoms with Crippen LogP contribution in [0.25, 0.3) is 22.4 Å². The van der Waals surface area contributed by atoms with Crippen LogP contribution in [-0.2, 0) is 5.41 Å². The van der Waals surface area contributed by atoms with Crippen molar-refractivity contribution in [3.63, 3.8) is 0 Å². The molecule has 0 aliphatic heterocycles. The first-order valence-corrected chi connectivity index (χ1v) is 7.75. The zero-order chi connectivity index (χ0) is 15.3. The lowest BCUT2D eigenvalue weighted by molar-refractivity contribution is 0.660. The van der Waals surface area contributed by atoms with Gasteiger partial charge < -0.3 is 0 Å². The van der Waals surface area contributed by atoms with E-state index >= 15 is 0 Å². The summed E-state index contributed by atoms with van der Waals surface area (Å²) in [6.07, 6.45) is 1.89. The Morgan fingerprint density at radius 3 is 2.41 bits per heavy atom. The van der Waals surface area contributed by atoms with Crippen molar-refractivity contribution in [1.29, 1.82) is 0 Å². The molecule has 1 heterocycles. The van der Waals surface area contributed by atoms with Crippen molar-refractivity contribution in [1.82, 2.24) is 4.98 Å². The van der Waals surface area contributed by atoms with Gasteiger partial charge in [0, 0.05) is 17.2 Å². The lowest BCUT2D eigenvalue weighted by atomic mass is 9.82. The highest BCUT2D eigenvalue weighted by Gasteiger charge is 2.35. The van der Waals surface area contributed by atoms with Gasteiger partial charge in [-0.3, -0.25) is 4.98 Å². The summed E-state index contributed by atoms with van der Waals surface area (Å²) in [5.41, 5.74) is 9.08. The molecule has 2 aromatic carbocycles. The van der Waals surface area contributed by atoms with E-state index in [1.165, 1.54) is 33.4 Å². The van der Waals surface area contributed by atoms with E-state index in [4.69, 9.17) is 0 Å². The number of hydrogen-bond donors (Lipinski definition) is 0. The van der Waals surface area contributed by atoms with Gasteiger partial charge in [0.05, 0.1) is 5.69 Å². The van der Waals surface area contributed by atoms with Crippen LogP contribution < -0.4 is 0 Å². The molecule has 0 radical (unpaired) electrons. The van der Waals surface area contributed by atoms with Crippen LogP contribution in [0.3, 0.4) is 0 Å². The Hall–Kier alpha value is -2.41. The van der Waals surface area contributed by atoms with Crippen LogP contribution in [0.15, 0.2) is 60.8 Å². The van der Waals surface area contributed by atoms with Gasteiger partial charge in [-0.05, 0) is 52.9 Å². The van der Waals surface area contributed by atoms with Crippen LogP contribution in [-0.4, -0.2) is 4.98 Å². The second kappa shape index (κ2) is 4.54. The summed E-state index contributed by atoms with van der Waals surface area (Å²) in [6, 6.07) is 19.7. The zero-order valence-electron chi connectivity index (χ0n) is 13.2. The monoisotopic (exact) mass is 285 g/mol. The predicted molar refractivity (Wildman–Crippen MR) is 92.0 cm³/mol. The first-order valence-electron chi connectivity index (χ1n) is 7.75. The van der Waals surface area contributed by atoms with Crippen LogP contribution in [0.1, 0.15) is 30.5 Å². The molecule has 1 aromatic heterocycles. The van der Waals surface area contributed by atoms with Gasteiger partial charge in [-0.25, -0.2) is 0 Å². The van der Waals surface area contributed by atoms with Crippen LogP contribution in [0.2, 0.25) is 0 Å². The minimum Gasteiger partial charge on any atom is -0.256 e. The molecule has 108 valence electrons. The molecule has 0 fully saturated rings. The molecule has 0 amide bonds. The number of fused-ring (bicyclic) bond motifs is 3. The summed E-state index contributed by atoms with van der Waals surface area (Å²) in [5, 5.41) is 0. The maximum atomic E-state index is 4.53. The second-order valence-electron chi connectivity index (χ2n) is 6.65. The molecule has 0 bridgehead atoms. The van der Waals surface area contributed by atoms with E-state index in [1.807, 2.05) is 12.3 Å². The number of nitrogens with zero attached hydrogens (tertiary/aromatic N) is 1. The van der Waals surface area contributed by atoms with E-state index in [0.717, 1.165) is 5.69 Å². The molecule has 1 heteroatoms. The largest absolute Gasteiger partial charge is 0.256 e. The maximum absolute atomic E-state index is 4.53. The lowest BCUT2D eigenvalue weighted by Crippen LogP contribution is -2.14. The van der Waals surface area contributed by atoms with Crippen LogP contribution in [0, 0.1) is 6.92 Å². The number of aromatic nitrogens is 1. The van der Waals surface area contributed by atoms with Gasteiger partial charge in [0.2, 0.25) is 0 Å². The third kappa shape index (κ3) is 1.82. The molecule has 4 rings (SSSR count). The van der Waals surface area contributed by atoms with Crippen molar-refractivity contribution >= 4 is 0 Å². The lowest BCUT2D eigenvalue weighted by Gasteiger charge is -2.21. The molecule has 0 spiro atoms. The first kappa shape index (κ1) is 13.3. The molecular weight excluding hydrogens is 266 g/mol. The maximum Gasteiger partial charge on any atom is 0.0704 e. The second-order valence-corrected chi connectivity index (χ2v) is 6.65. The third-order valence-electron chi connectivity index (χ3n) is 4.79. The fraction of sp³-hybridized carbons (Fsp3) is 0.190. The van der Waals surface area contributed by atoms with Crippen molar-refractivity contribution in [2.24, 2.45) is 0 Å². The van der Waals surface area contributed by atoms with Gasteiger partial charge in [-0.2, -0.15) is 0 Å². The van der Waals surface area contributed by atoms with Crippen molar-refractivity contribution in [3.8, 4) is 22.4 Å². The molecule has 3 aromatic rings. The van der Waals surface area contributed by atoms with Gasteiger partial charge in [0.15, 0.2) is 0 Å². The Balaban J connectivity index is 1.92. The van der Waals surface area contributed by atoms with E-state index in [-0.39, 0.29) is 5.41 Å². The number of hydrogen-bond acceptors (Lipinski definition) is 1. The van der Waals surface area contributed by atoms with Crippen molar-refractivity contribution in [3.05, 3.63) is 77.5 Å². The highest BCUT2D eigenvalue weighted by Crippen LogP contribution is 2.49. The number of rotatable bonds is 1. The molecule has 0 N–H and O–H groups in total. The van der Waals surface area contributed by atoms with Crippen molar-refractivity contribution in [2.45, 2.75) is 26.2 Å². The summed E-state index contributed by atoms with van der Waals surface area (Å²) >= 11 is 0. The minimum atomic E-state index is 0.0474. The van der Waals surface area contributed by atoms with Gasteiger partial charge in [0.25, 0.3) is 0 Å². The van der Waals surface area contributed by atoms with E-state index in [9.17, 15) is 0 Å². The quantitative estimate of drug-likeness (QED) is 0.586. The van der Waals surface area contributed by atoms with Crippen LogP contribution in [0.5, 0.6) is 0 Å². The van der Waals surface area contributed by atoms with Crippen LogP contribution in [0.4, 0.5) is 0 Å². The molecule has 0 saturated carbocycles. The number of aryl methyl sites for hydroxylation is 1. The van der Waals surface area contributed by atoms with Crippen molar-refractivity contribution < 1.29 is 0 Å². The number of pyridine rings is 1. The molecule has 1 nitrogen and oxygen atoms in total. The Kier molecular flexibility index (Phi) is 2.74. The zero-order valence-corrected chi connectivity index (χ0v) is 13.2. The summed E-state index contributed by atoms with van der Waals surface area (Å²) in [5.74, 6) is 0. The topological polar surface area (TPSA) is 12.9 Å². The standard InChI is InChI=1S/C21H19N/c1-14-10-11-22-20(12-14)15-8-9-17-16-6-4-5-7-18(16)21(2,3)19(17)13-15/h4-13H,1-3H3. The van der Waals surface area contributed by atoms with Gasteiger partial charge in [0.1, 0.15) is 0 Å². The summed E-state index contributed by atoms with van der Waals surface area (Å²) < 4.78 is 0. The average Bonchev–Trinajstić information content (AvgIpc) is 2.76. The average molecular weight is 285 g/mol. The number of benzene rings is 2. The Morgan fingerprint density at radius 1 is 0.818 bits per heavy atom. The molecule has 1 aliphatic rings. The highest BCUT2D eigenvalue weighted by molar-refractivity contribution is 5.83. The Labute approximate surface area is 131 Å². The molecule has 22 heavy (non-hydrogen) atoms. The van der Waals surface area contributed by atoms with Gasteiger partial charge >= 0.3 is 0 Å². The van der Waals surface area contributed by atoms with Gasteiger partial charge in [-0.15, -0.1) is 0 Å². The fourth-order valence-corrected chi connectivity index (χ4v) is 3.56. The minimum absolute atomic E-state index is 0.0474. The smallest absolute Gasteiger partial charge is 0.0704 e. The molecule has 0 saturated heterocycles. The first-order chi connectivity index (χ1) is 10.6. The van der Waals surface area contributed by atoms with Gasteiger partial charge in [-0.1, -0.05) is 50.2 Å². The molecule has 0 atom stereocenters. The normalized spacial score (nSPS) is 14.5. The third-order valence-corrected chi connectivity index (χ3v) is 4.79. The Bertz CT molecular complexity index is 875. The molecule has 1 aliphatic carbocycles. The SMILES string of the molecule is Cc1ccnc(-c2ccc3c(c2)C(C)(C)c2ccccc2-3)c1. The van der Waals surface area contributed by atoms with E-state index < -0.39 is 0 Å².